The first-order chi connectivity index (χ1) is 10.7. The first-order valence-electron chi connectivity index (χ1n) is 7.58. The molecule has 0 saturated heterocycles. The molecule has 0 aliphatic heterocycles. The summed E-state index contributed by atoms with van der Waals surface area (Å²) in [5, 5.41) is 0. The van der Waals surface area contributed by atoms with E-state index in [1.54, 1.807) is 0 Å². The molecule has 0 aromatic heterocycles. The van der Waals surface area contributed by atoms with E-state index in [0.29, 0.717) is 6.61 Å². The summed E-state index contributed by atoms with van der Waals surface area (Å²) >= 11 is 0. The van der Waals surface area contributed by atoms with E-state index in [4.69, 9.17) is 9.47 Å². The van der Waals surface area contributed by atoms with Gasteiger partial charge in [0, 0.05) is 5.56 Å². The molecule has 3 heteroatoms. The van der Waals surface area contributed by atoms with Gasteiger partial charge in [0.05, 0.1) is 13.5 Å². The van der Waals surface area contributed by atoms with Crippen LogP contribution in [0, 0.1) is 0 Å². The fraction of sp³-hybridized carbons (Fsp3) is 0.316. The van der Waals surface area contributed by atoms with Gasteiger partial charge in [0.15, 0.2) is 0 Å². The van der Waals surface area contributed by atoms with E-state index in [1.165, 1.54) is 12.7 Å². The Morgan fingerprint density at radius 2 is 1.82 bits per heavy atom. The van der Waals surface area contributed by atoms with Crippen LogP contribution in [0.15, 0.2) is 48.5 Å². The largest absolute Gasteiger partial charge is 0.489 e. The predicted octanol–water partition coefficient (Wildman–Crippen LogP) is 3.93. The summed E-state index contributed by atoms with van der Waals surface area (Å²) in [5.74, 6) is 0.507. The highest BCUT2D eigenvalue weighted by atomic mass is 16.5. The van der Waals surface area contributed by atoms with E-state index in [1.807, 2.05) is 42.5 Å². The van der Waals surface area contributed by atoms with Crippen molar-refractivity contribution in [2.24, 2.45) is 0 Å². The van der Waals surface area contributed by atoms with Gasteiger partial charge in [-0.25, -0.2) is 0 Å². The number of esters is 1. The molecule has 2 aromatic carbocycles. The summed E-state index contributed by atoms with van der Waals surface area (Å²) in [7, 11) is 1.40. The fourth-order valence-electron chi connectivity index (χ4n) is 2.29. The van der Waals surface area contributed by atoms with Crippen LogP contribution in [0.25, 0.3) is 0 Å². The van der Waals surface area contributed by atoms with E-state index >= 15 is 0 Å². The third kappa shape index (κ3) is 4.62. The number of carbonyl (C=O) groups excluding carboxylic acids is 1. The maximum Gasteiger partial charge on any atom is 0.310 e. The molecule has 0 bridgehead atoms. The van der Waals surface area contributed by atoms with E-state index in [0.717, 1.165) is 29.7 Å². The molecule has 0 spiro atoms. The second-order valence-corrected chi connectivity index (χ2v) is 5.22. The molecule has 2 rings (SSSR count). The van der Waals surface area contributed by atoms with Crippen LogP contribution in [-0.2, 0) is 29.0 Å². The Labute approximate surface area is 131 Å². The predicted molar refractivity (Wildman–Crippen MR) is 86.9 cm³/mol. The molecule has 116 valence electrons. The van der Waals surface area contributed by atoms with Gasteiger partial charge in [0.25, 0.3) is 0 Å². The average Bonchev–Trinajstić information content (AvgIpc) is 2.56. The van der Waals surface area contributed by atoms with Crippen molar-refractivity contribution in [3.05, 3.63) is 65.2 Å². The first kappa shape index (κ1) is 16.1. The molecule has 22 heavy (non-hydrogen) atoms. The standard InChI is InChI=1S/C19H22O3/c1-3-7-15-10-11-17(13-19(20)21-2)18(12-15)22-14-16-8-5-4-6-9-16/h4-6,8-12H,3,7,13-14H2,1-2H3. The van der Waals surface area contributed by atoms with Crippen molar-refractivity contribution in [3.63, 3.8) is 0 Å². The second kappa shape index (κ2) is 8.23. The van der Waals surface area contributed by atoms with Crippen LogP contribution in [0.2, 0.25) is 0 Å². The van der Waals surface area contributed by atoms with Crippen LogP contribution in [0.5, 0.6) is 5.75 Å². The van der Waals surface area contributed by atoms with Gasteiger partial charge >= 0.3 is 5.97 Å². The lowest BCUT2D eigenvalue weighted by Gasteiger charge is -2.13. The topological polar surface area (TPSA) is 35.5 Å². The van der Waals surface area contributed by atoms with Crippen LogP contribution >= 0.6 is 0 Å². The SMILES string of the molecule is CCCc1ccc(CC(=O)OC)c(OCc2ccccc2)c1. The van der Waals surface area contributed by atoms with Crippen molar-refractivity contribution < 1.29 is 14.3 Å². The summed E-state index contributed by atoms with van der Waals surface area (Å²) in [5.41, 5.74) is 3.19. The van der Waals surface area contributed by atoms with Crippen LogP contribution in [0.4, 0.5) is 0 Å². The molecule has 3 nitrogen and oxygen atoms in total. The summed E-state index contributed by atoms with van der Waals surface area (Å²) in [6.45, 7) is 2.64. The quantitative estimate of drug-likeness (QED) is 0.726. The molecule has 0 unspecified atom stereocenters. The van der Waals surface area contributed by atoms with Crippen molar-refractivity contribution in [2.45, 2.75) is 32.8 Å². The summed E-state index contributed by atoms with van der Waals surface area (Å²) < 4.78 is 10.7. The molecule has 0 fully saturated rings. The smallest absolute Gasteiger partial charge is 0.310 e. The Morgan fingerprint density at radius 3 is 2.50 bits per heavy atom. The summed E-state index contributed by atoms with van der Waals surface area (Å²) in [6, 6.07) is 16.0. The lowest BCUT2D eigenvalue weighted by molar-refractivity contribution is -0.139. The van der Waals surface area contributed by atoms with E-state index in [2.05, 4.69) is 13.0 Å². The van der Waals surface area contributed by atoms with Gasteiger partial charge in [-0.3, -0.25) is 4.79 Å². The van der Waals surface area contributed by atoms with Gasteiger partial charge in [-0.2, -0.15) is 0 Å². The molecule has 0 saturated carbocycles. The Balaban J connectivity index is 2.16. The number of hydrogen-bond donors (Lipinski definition) is 0. The lowest BCUT2D eigenvalue weighted by Crippen LogP contribution is -2.07. The van der Waals surface area contributed by atoms with Crippen LogP contribution in [-0.4, -0.2) is 13.1 Å². The Bertz CT molecular complexity index is 605. The van der Waals surface area contributed by atoms with E-state index in [9.17, 15) is 4.79 Å². The van der Waals surface area contributed by atoms with Crippen molar-refractivity contribution in [1.29, 1.82) is 0 Å². The number of benzene rings is 2. The highest BCUT2D eigenvalue weighted by Crippen LogP contribution is 2.23. The minimum atomic E-state index is -0.257. The number of hydrogen-bond acceptors (Lipinski definition) is 3. The van der Waals surface area contributed by atoms with Gasteiger partial charge in [-0.05, 0) is 23.6 Å². The lowest BCUT2D eigenvalue weighted by atomic mass is 10.0. The fourth-order valence-corrected chi connectivity index (χ4v) is 2.29. The van der Waals surface area contributed by atoms with Crippen molar-refractivity contribution in [1.82, 2.24) is 0 Å². The maximum atomic E-state index is 11.5. The van der Waals surface area contributed by atoms with Gasteiger partial charge in [0.2, 0.25) is 0 Å². The zero-order valence-electron chi connectivity index (χ0n) is 13.2. The highest BCUT2D eigenvalue weighted by molar-refractivity contribution is 5.73. The molecule has 2 aromatic rings. The molecule has 0 aliphatic carbocycles. The van der Waals surface area contributed by atoms with Crippen LogP contribution in [0.1, 0.15) is 30.0 Å². The number of ether oxygens (including phenoxy) is 2. The third-order valence-electron chi connectivity index (χ3n) is 3.47. The Morgan fingerprint density at radius 1 is 1.05 bits per heavy atom. The second-order valence-electron chi connectivity index (χ2n) is 5.22. The normalized spacial score (nSPS) is 10.3. The average molecular weight is 298 g/mol. The summed E-state index contributed by atoms with van der Waals surface area (Å²) in [4.78, 5) is 11.5. The number of aryl methyl sites for hydroxylation is 1. The number of carbonyl (C=O) groups is 1. The maximum absolute atomic E-state index is 11.5. The number of methoxy groups -OCH3 is 1. The molecule has 0 radical (unpaired) electrons. The molecule has 0 atom stereocenters. The molecule has 0 aliphatic rings. The molecular weight excluding hydrogens is 276 g/mol. The van der Waals surface area contributed by atoms with Crippen LogP contribution < -0.4 is 4.74 Å². The molecule has 0 amide bonds. The van der Waals surface area contributed by atoms with Gasteiger partial charge < -0.3 is 9.47 Å². The third-order valence-corrected chi connectivity index (χ3v) is 3.47. The van der Waals surface area contributed by atoms with E-state index < -0.39 is 0 Å². The molecular formula is C19H22O3. The van der Waals surface area contributed by atoms with Gasteiger partial charge in [0.1, 0.15) is 12.4 Å². The van der Waals surface area contributed by atoms with Crippen molar-refractivity contribution in [2.75, 3.05) is 7.11 Å². The Hall–Kier alpha value is -2.29. The molecule has 0 heterocycles. The first-order valence-corrected chi connectivity index (χ1v) is 7.58. The summed E-state index contributed by atoms with van der Waals surface area (Å²) in [6.07, 6.45) is 2.31. The monoisotopic (exact) mass is 298 g/mol. The van der Waals surface area contributed by atoms with Gasteiger partial charge in [-0.15, -0.1) is 0 Å². The van der Waals surface area contributed by atoms with E-state index in [-0.39, 0.29) is 12.4 Å². The zero-order chi connectivity index (χ0) is 15.8. The van der Waals surface area contributed by atoms with Gasteiger partial charge in [-0.1, -0.05) is 55.8 Å². The van der Waals surface area contributed by atoms with Crippen molar-refractivity contribution >= 4 is 5.97 Å². The zero-order valence-corrected chi connectivity index (χ0v) is 13.2. The highest BCUT2D eigenvalue weighted by Gasteiger charge is 2.10. The van der Waals surface area contributed by atoms with Crippen LogP contribution in [0.3, 0.4) is 0 Å². The number of rotatable bonds is 7. The van der Waals surface area contributed by atoms with Crippen molar-refractivity contribution in [3.8, 4) is 5.75 Å². The minimum Gasteiger partial charge on any atom is -0.489 e. The molecule has 0 N–H and O–H groups in total. The Kier molecular flexibility index (Phi) is 6.01. The minimum absolute atomic E-state index is 0.229.